The van der Waals surface area contributed by atoms with Crippen LogP contribution >= 0.6 is 27.5 Å². The number of halogens is 2. The molecule has 1 N–H and O–H groups in total. The summed E-state index contributed by atoms with van der Waals surface area (Å²) in [5.74, 6) is 0.610. The number of ether oxygens (including phenoxy) is 1. The van der Waals surface area contributed by atoms with E-state index in [0.29, 0.717) is 18.1 Å². The van der Waals surface area contributed by atoms with Gasteiger partial charge in [0.15, 0.2) is 0 Å². The van der Waals surface area contributed by atoms with E-state index >= 15 is 0 Å². The molecule has 112 valence electrons. The zero-order chi connectivity index (χ0) is 14.5. The van der Waals surface area contributed by atoms with Gasteiger partial charge in [-0.05, 0) is 49.4 Å². The lowest BCUT2D eigenvalue weighted by atomic mass is 9.93. The average Bonchev–Trinajstić information content (AvgIpc) is 2.83. The fourth-order valence-electron chi connectivity index (χ4n) is 2.79. The van der Waals surface area contributed by atoms with Crippen molar-refractivity contribution in [2.24, 2.45) is 5.92 Å². The maximum atomic E-state index is 6.35. The van der Waals surface area contributed by atoms with Gasteiger partial charge in [0.2, 0.25) is 0 Å². The number of rotatable bonds is 6. The smallest absolute Gasteiger partial charge is 0.0757 e. The lowest BCUT2D eigenvalue weighted by molar-refractivity contribution is 0.0610. The van der Waals surface area contributed by atoms with E-state index in [4.69, 9.17) is 16.3 Å². The van der Waals surface area contributed by atoms with Gasteiger partial charge < -0.3 is 10.1 Å². The second kappa shape index (κ2) is 7.79. The van der Waals surface area contributed by atoms with Gasteiger partial charge in [0, 0.05) is 22.1 Å². The molecule has 3 unspecified atom stereocenters. The molecule has 0 aromatic heterocycles. The van der Waals surface area contributed by atoms with Gasteiger partial charge in [-0.15, -0.1) is 0 Å². The van der Waals surface area contributed by atoms with Crippen LogP contribution in [-0.4, -0.2) is 25.3 Å². The Kier molecular flexibility index (Phi) is 6.34. The van der Waals surface area contributed by atoms with Crippen LogP contribution in [0, 0.1) is 5.92 Å². The van der Waals surface area contributed by atoms with E-state index in [1.165, 1.54) is 5.56 Å². The van der Waals surface area contributed by atoms with E-state index < -0.39 is 0 Å². The number of hydrogen-bond donors (Lipinski definition) is 1. The Morgan fingerprint density at radius 1 is 1.50 bits per heavy atom. The molecule has 0 radical (unpaired) electrons. The highest BCUT2D eigenvalue weighted by atomic mass is 79.9. The highest BCUT2D eigenvalue weighted by molar-refractivity contribution is 9.10. The van der Waals surface area contributed by atoms with Crippen molar-refractivity contribution in [2.75, 3.05) is 13.2 Å². The van der Waals surface area contributed by atoms with E-state index in [2.05, 4.69) is 47.2 Å². The summed E-state index contributed by atoms with van der Waals surface area (Å²) in [5.41, 5.74) is 1.19. The van der Waals surface area contributed by atoms with Crippen molar-refractivity contribution in [2.45, 2.75) is 45.3 Å². The molecule has 0 spiro atoms. The lowest BCUT2D eigenvalue weighted by Gasteiger charge is -2.27. The van der Waals surface area contributed by atoms with Crippen molar-refractivity contribution in [3.05, 3.63) is 33.3 Å². The van der Waals surface area contributed by atoms with Crippen LogP contribution in [0.25, 0.3) is 0 Å². The van der Waals surface area contributed by atoms with Crippen molar-refractivity contribution < 1.29 is 4.74 Å². The first-order chi connectivity index (χ1) is 9.61. The molecule has 4 heteroatoms. The van der Waals surface area contributed by atoms with Gasteiger partial charge in [0.25, 0.3) is 0 Å². The normalized spacial score (nSPS) is 24.0. The molecular formula is C16H23BrClNO. The molecule has 1 aromatic carbocycles. The third-order valence-electron chi connectivity index (χ3n) is 3.95. The second-order valence-electron chi connectivity index (χ2n) is 5.60. The van der Waals surface area contributed by atoms with Crippen molar-refractivity contribution >= 4 is 27.5 Å². The third kappa shape index (κ3) is 4.20. The molecule has 1 aliphatic heterocycles. The number of nitrogens with one attached hydrogen (secondary N) is 1. The first kappa shape index (κ1) is 16.3. The van der Waals surface area contributed by atoms with Crippen LogP contribution in [0.2, 0.25) is 5.02 Å². The fourth-order valence-corrected chi connectivity index (χ4v) is 3.54. The van der Waals surface area contributed by atoms with E-state index in [0.717, 1.165) is 41.9 Å². The molecule has 1 fully saturated rings. The highest BCUT2D eigenvalue weighted by Crippen LogP contribution is 2.28. The molecule has 2 rings (SSSR count). The van der Waals surface area contributed by atoms with Crippen molar-refractivity contribution in [3.63, 3.8) is 0 Å². The van der Waals surface area contributed by atoms with E-state index in [-0.39, 0.29) is 0 Å². The Morgan fingerprint density at radius 3 is 2.90 bits per heavy atom. The zero-order valence-electron chi connectivity index (χ0n) is 12.2. The van der Waals surface area contributed by atoms with Gasteiger partial charge in [0.05, 0.1) is 6.10 Å². The van der Waals surface area contributed by atoms with E-state index in [9.17, 15) is 0 Å². The maximum Gasteiger partial charge on any atom is 0.0757 e. The fraction of sp³-hybridized carbons (Fsp3) is 0.625. The second-order valence-corrected chi connectivity index (χ2v) is 6.92. The molecular weight excluding hydrogens is 338 g/mol. The van der Waals surface area contributed by atoms with Gasteiger partial charge in [-0.3, -0.25) is 0 Å². The first-order valence-corrected chi connectivity index (χ1v) is 8.57. The lowest BCUT2D eigenvalue weighted by Crippen LogP contribution is -2.44. The van der Waals surface area contributed by atoms with Crippen molar-refractivity contribution in [1.29, 1.82) is 0 Å². The van der Waals surface area contributed by atoms with Crippen LogP contribution in [0.4, 0.5) is 0 Å². The summed E-state index contributed by atoms with van der Waals surface area (Å²) < 4.78 is 6.97. The Hall–Kier alpha value is -0.0900. The van der Waals surface area contributed by atoms with Crippen LogP contribution in [0.1, 0.15) is 32.3 Å². The first-order valence-electron chi connectivity index (χ1n) is 7.40. The predicted molar refractivity (Wildman–Crippen MR) is 88.5 cm³/mol. The molecule has 0 bridgehead atoms. The molecule has 0 amide bonds. The van der Waals surface area contributed by atoms with Gasteiger partial charge in [-0.1, -0.05) is 47.4 Å². The minimum atomic E-state index is 0.293. The molecule has 1 saturated heterocycles. The average molecular weight is 361 g/mol. The highest BCUT2D eigenvalue weighted by Gasteiger charge is 2.32. The summed E-state index contributed by atoms with van der Waals surface area (Å²) in [5, 5.41) is 4.46. The quantitative estimate of drug-likeness (QED) is 0.810. The van der Waals surface area contributed by atoms with E-state index in [1.807, 2.05) is 6.07 Å². The summed E-state index contributed by atoms with van der Waals surface area (Å²) in [6.45, 7) is 6.37. The van der Waals surface area contributed by atoms with Gasteiger partial charge in [-0.2, -0.15) is 0 Å². The molecule has 0 aliphatic carbocycles. The van der Waals surface area contributed by atoms with Crippen LogP contribution < -0.4 is 5.32 Å². The van der Waals surface area contributed by atoms with Crippen LogP contribution in [0.3, 0.4) is 0 Å². The summed E-state index contributed by atoms with van der Waals surface area (Å²) in [6, 6.07) is 6.46. The zero-order valence-corrected chi connectivity index (χ0v) is 14.5. The molecule has 1 heterocycles. The van der Waals surface area contributed by atoms with Crippen LogP contribution in [0.5, 0.6) is 0 Å². The van der Waals surface area contributed by atoms with Crippen LogP contribution in [0.15, 0.2) is 22.7 Å². The molecule has 0 saturated carbocycles. The molecule has 1 aliphatic rings. The summed E-state index contributed by atoms with van der Waals surface area (Å²) >= 11 is 9.81. The Labute approximate surface area is 135 Å². The molecule has 3 atom stereocenters. The number of benzene rings is 1. The Morgan fingerprint density at radius 2 is 2.30 bits per heavy atom. The monoisotopic (exact) mass is 359 g/mol. The molecule has 2 nitrogen and oxygen atoms in total. The topological polar surface area (TPSA) is 21.3 Å². The standard InChI is InChI=1S/C16H23BrClNO/c1-3-7-19-15(16-11(2)6-8-20-16)9-12-4-5-13(17)10-14(12)18/h4-5,10-11,15-16,19H,3,6-9H2,1-2H3. The Balaban J connectivity index is 2.10. The van der Waals surface area contributed by atoms with E-state index in [1.54, 1.807) is 0 Å². The summed E-state index contributed by atoms with van der Waals surface area (Å²) in [7, 11) is 0. The molecule has 20 heavy (non-hydrogen) atoms. The molecule has 1 aromatic rings. The minimum absolute atomic E-state index is 0.293. The largest absolute Gasteiger partial charge is 0.376 e. The SMILES string of the molecule is CCCNC(Cc1ccc(Br)cc1Cl)C1OCCC1C. The van der Waals surface area contributed by atoms with Crippen LogP contribution in [-0.2, 0) is 11.2 Å². The minimum Gasteiger partial charge on any atom is -0.376 e. The van der Waals surface area contributed by atoms with Crippen molar-refractivity contribution in [3.8, 4) is 0 Å². The van der Waals surface area contributed by atoms with Gasteiger partial charge in [-0.25, -0.2) is 0 Å². The Bertz CT molecular complexity index is 440. The van der Waals surface area contributed by atoms with Gasteiger partial charge >= 0.3 is 0 Å². The third-order valence-corrected chi connectivity index (χ3v) is 4.80. The van der Waals surface area contributed by atoms with Crippen molar-refractivity contribution in [1.82, 2.24) is 5.32 Å². The maximum absolute atomic E-state index is 6.35. The summed E-state index contributed by atoms with van der Waals surface area (Å²) in [4.78, 5) is 0. The van der Waals surface area contributed by atoms with Gasteiger partial charge in [0.1, 0.15) is 0 Å². The number of hydrogen-bond acceptors (Lipinski definition) is 2. The predicted octanol–water partition coefficient (Wildman–Crippen LogP) is 4.44. The summed E-state index contributed by atoms with van der Waals surface area (Å²) in [6.07, 6.45) is 3.50.